The minimum Gasteiger partial charge on any atom is -0.303 e. The monoisotopic (exact) mass is 183 g/mol. The summed E-state index contributed by atoms with van der Waals surface area (Å²) >= 11 is 0. The lowest BCUT2D eigenvalue weighted by Crippen LogP contribution is -2.45. The van der Waals surface area contributed by atoms with Crippen molar-refractivity contribution in [2.75, 3.05) is 13.6 Å². The van der Waals surface area contributed by atoms with Crippen molar-refractivity contribution in [2.24, 2.45) is 17.8 Å². The Balaban J connectivity index is 2.19. The maximum Gasteiger partial charge on any atom is 0.00978 e. The molecule has 0 aromatic rings. The number of hydrogen-bond donors (Lipinski definition) is 0. The smallest absolute Gasteiger partial charge is 0.00978 e. The second-order valence-corrected chi connectivity index (χ2v) is 5.46. The molecule has 0 spiro atoms. The molecule has 1 rings (SSSR count). The highest BCUT2D eigenvalue weighted by Crippen LogP contribution is 2.36. The molecule has 0 amide bonds. The van der Waals surface area contributed by atoms with Crippen molar-refractivity contribution >= 4 is 0 Å². The van der Waals surface area contributed by atoms with E-state index in [2.05, 4.69) is 39.6 Å². The topological polar surface area (TPSA) is 3.24 Å². The average molecular weight is 183 g/mol. The fourth-order valence-electron chi connectivity index (χ4n) is 2.26. The standard InChI is InChI=1S/C12H25N/c1-9(2)8-13(5)12-6-11(7-12)10(3)4/h9-12H,6-8H2,1-5H3. The highest BCUT2D eigenvalue weighted by molar-refractivity contribution is 4.87. The zero-order valence-electron chi connectivity index (χ0n) is 9.88. The molecule has 0 bridgehead atoms. The number of rotatable bonds is 4. The van der Waals surface area contributed by atoms with E-state index in [1.54, 1.807) is 0 Å². The van der Waals surface area contributed by atoms with E-state index in [9.17, 15) is 0 Å². The molecule has 1 saturated carbocycles. The van der Waals surface area contributed by atoms with Gasteiger partial charge in [0.05, 0.1) is 0 Å². The van der Waals surface area contributed by atoms with E-state index in [1.807, 2.05) is 0 Å². The summed E-state index contributed by atoms with van der Waals surface area (Å²) in [5, 5.41) is 0. The molecule has 0 aromatic carbocycles. The molecular formula is C12H25N. The summed E-state index contributed by atoms with van der Waals surface area (Å²) in [6.45, 7) is 10.6. The van der Waals surface area contributed by atoms with Crippen LogP contribution in [-0.2, 0) is 0 Å². The van der Waals surface area contributed by atoms with Crippen molar-refractivity contribution in [1.82, 2.24) is 4.90 Å². The van der Waals surface area contributed by atoms with Gasteiger partial charge in [0.2, 0.25) is 0 Å². The Morgan fingerprint density at radius 2 is 1.69 bits per heavy atom. The summed E-state index contributed by atoms with van der Waals surface area (Å²) in [6.07, 6.45) is 2.86. The fourth-order valence-corrected chi connectivity index (χ4v) is 2.26. The maximum atomic E-state index is 2.55. The first-order valence-corrected chi connectivity index (χ1v) is 5.71. The Bertz CT molecular complexity index is 145. The molecule has 0 saturated heterocycles. The Morgan fingerprint density at radius 1 is 1.15 bits per heavy atom. The van der Waals surface area contributed by atoms with E-state index in [0.717, 1.165) is 23.8 Å². The van der Waals surface area contributed by atoms with Gasteiger partial charge in [-0.1, -0.05) is 27.7 Å². The number of nitrogens with zero attached hydrogens (tertiary/aromatic N) is 1. The lowest BCUT2D eigenvalue weighted by Gasteiger charge is -2.43. The normalized spacial score (nSPS) is 28.6. The van der Waals surface area contributed by atoms with Crippen molar-refractivity contribution < 1.29 is 0 Å². The Hall–Kier alpha value is -0.0400. The van der Waals surface area contributed by atoms with Gasteiger partial charge in [0.15, 0.2) is 0 Å². The molecule has 0 heterocycles. The first-order chi connectivity index (χ1) is 6.00. The molecule has 0 unspecified atom stereocenters. The van der Waals surface area contributed by atoms with Crippen LogP contribution < -0.4 is 0 Å². The van der Waals surface area contributed by atoms with Crippen LogP contribution in [0.5, 0.6) is 0 Å². The van der Waals surface area contributed by atoms with Gasteiger partial charge < -0.3 is 4.90 Å². The third kappa shape index (κ3) is 2.98. The van der Waals surface area contributed by atoms with Gasteiger partial charge in [0, 0.05) is 12.6 Å². The van der Waals surface area contributed by atoms with E-state index < -0.39 is 0 Å². The second kappa shape index (κ2) is 4.45. The predicted octanol–water partition coefficient (Wildman–Crippen LogP) is 3.01. The van der Waals surface area contributed by atoms with Crippen molar-refractivity contribution in [2.45, 2.75) is 46.6 Å². The van der Waals surface area contributed by atoms with Crippen molar-refractivity contribution in [1.29, 1.82) is 0 Å². The molecule has 1 aliphatic carbocycles. The van der Waals surface area contributed by atoms with Gasteiger partial charge in [-0.25, -0.2) is 0 Å². The Morgan fingerprint density at radius 3 is 2.08 bits per heavy atom. The molecule has 1 heteroatoms. The fraction of sp³-hybridized carbons (Fsp3) is 1.00. The highest BCUT2D eigenvalue weighted by Gasteiger charge is 2.33. The van der Waals surface area contributed by atoms with Crippen molar-refractivity contribution in [3.8, 4) is 0 Å². The van der Waals surface area contributed by atoms with Gasteiger partial charge in [-0.2, -0.15) is 0 Å². The van der Waals surface area contributed by atoms with Crippen LogP contribution in [0.15, 0.2) is 0 Å². The molecule has 1 nitrogen and oxygen atoms in total. The van der Waals surface area contributed by atoms with Gasteiger partial charge in [0.1, 0.15) is 0 Å². The molecule has 0 aliphatic heterocycles. The Kier molecular flexibility index (Phi) is 3.78. The zero-order chi connectivity index (χ0) is 10.0. The third-order valence-electron chi connectivity index (χ3n) is 3.37. The quantitative estimate of drug-likeness (QED) is 0.647. The van der Waals surface area contributed by atoms with Crippen molar-refractivity contribution in [3.63, 3.8) is 0 Å². The molecule has 0 N–H and O–H groups in total. The third-order valence-corrected chi connectivity index (χ3v) is 3.37. The molecule has 0 radical (unpaired) electrons. The van der Waals surface area contributed by atoms with E-state index in [0.29, 0.717) is 0 Å². The molecule has 1 aliphatic rings. The zero-order valence-corrected chi connectivity index (χ0v) is 9.88. The summed E-state index contributed by atoms with van der Waals surface area (Å²) in [4.78, 5) is 2.55. The predicted molar refractivity (Wildman–Crippen MR) is 58.8 cm³/mol. The van der Waals surface area contributed by atoms with Crippen LogP contribution in [0.2, 0.25) is 0 Å². The first kappa shape index (κ1) is 11.0. The summed E-state index contributed by atoms with van der Waals surface area (Å²) in [5.41, 5.74) is 0. The van der Waals surface area contributed by atoms with Crippen LogP contribution in [0.4, 0.5) is 0 Å². The minimum absolute atomic E-state index is 0.808. The van der Waals surface area contributed by atoms with Gasteiger partial charge in [-0.15, -0.1) is 0 Å². The lowest BCUT2D eigenvalue weighted by atomic mass is 9.73. The summed E-state index contributed by atoms with van der Waals surface area (Å²) in [6, 6.07) is 0.884. The van der Waals surface area contributed by atoms with Gasteiger partial charge in [-0.05, 0) is 37.6 Å². The van der Waals surface area contributed by atoms with Gasteiger partial charge in [0.25, 0.3) is 0 Å². The van der Waals surface area contributed by atoms with Crippen molar-refractivity contribution in [3.05, 3.63) is 0 Å². The largest absolute Gasteiger partial charge is 0.303 e. The van der Waals surface area contributed by atoms with Crippen LogP contribution in [0.3, 0.4) is 0 Å². The first-order valence-electron chi connectivity index (χ1n) is 5.71. The SMILES string of the molecule is CC(C)CN(C)C1CC(C(C)C)C1. The Labute approximate surface area is 83.5 Å². The van der Waals surface area contributed by atoms with Gasteiger partial charge in [-0.3, -0.25) is 0 Å². The summed E-state index contributed by atoms with van der Waals surface area (Å²) in [7, 11) is 2.28. The highest BCUT2D eigenvalue weighted by atomic mass is 15.1. The molecule has 13 heavy (non-hydrogen) atoms. The van der Waals surface area contributed by atoms with E-state index >= 15 is 0 Å². The van der Waals surface area contributed by atoms with Crippen LogP contribution >= 0.6 is 0 Å². The average Bonchev–Trinajstić information content (AvgIpc) is 1.79. The lowest BCUT2D eigenvalue weighted by molar-refractivity contribution is 0.0669. The van der Waals surface area contributed by atoms with Crippen LogP contribution in [0.1, 0.15) is 40.5 Å². The van der Waals surface area contributed by atoms with Gasteiger partial charge >= 0.3 is 0 Å². The molecule has 0 aromatic heterocycles. The molecule has 78 valence electrons. The second-order valence-electron chi connectivity index (χ2n) is 5.46. The van der Waals surface area contributed by atoms with Crippen LogP contribution in [-0.4, -0.2) is 24.5 Å². The van der Waals surface area contributed by atoms with E-state index in [4.69, 9.17) is 0 Å². The number of hydrogen-bond acceptors (Lipinski definition) is 1. The van der Waals surface area contributed by atoms with Crippen LogP contribution in [0, 0.1) is 17.8 Å². The molecule has 1 fully saturated rings. The molecular weight excluding hydrogens is 158 g/mol. The summed E-state index contributed by atoms with van der Waals surface area (Å²) < 4.78 is 0. The minimum atomic E-state index is 0.808. The summed E-state index contributed by atoms with van der Waals surface area (Å²) in [5.74, 6) is 2.70. The van der Waals surface area contributed by atoms with E-state index in [-0.39, 0.29) is 0 Å². The van der Waals surface area contributed by atoms with E-state index in [1.165, 1.54) is 19.4 Å². The molecule has 0 atom stereocenters. The van der Waals surface area contributed by atoms with Crippen LogP contribution in [0.25, 0.3) is 0 Å². The maximum absolute atomic E-state index is 2.55.